The third-order valence-electron chi connectivity index (χ3n) is 6.48. The maximum atomic E-state index is 10.4. The zero-order valence-corrected chi connectivity index (χ0v) is 12.8. The highest BCUT2D eigenvalue weighted by molar-refractivity contribution is 4.94. The van der Waals surface area contributed by atoms with Crippen LogP contribution in [0.4, 0.5) is 0 Å². The lowest BCUT2D eigenvalue weighted by Gasteiger charge is -2.41. The van der Waals surface area contributed by atoms with E-state index in [1.165, 1.54) is 64.5 Å². The normalized spacial score (nSPS) is 38.1. The Bertz CT molecular complexity index is 309. The van der Waals surface area contributed by atoms with Crippen molar-refractivity contribution in [1.82, 2.24) is 4.90 Å². The van der Waals surface area contributed by atoms with Gasteiger partial charge in [-0.25, -0.2) is 0 Å². The topological polar surface area (TPSA) is 23.5 Å². The van der Waals surface area contributed by atoms with Gasteiger partial charge >= 0.3 is 0 Å². The quantitative estimate of drug-likeness (QED) is 0.827. The summed E-state index contributed by atoms with van der Waals surface area (Å²) in [5, 5.41) is 10.4. The van der Waals surface area contributed by atoms with Gasteiger partial charge in [0.2, 0.25) is 0 Å². The second kappa shape index (κ2) is 5.04. The molecule has 1 spiro atoms. The lowest BCUT2D eigenvalue weighted by Crippen LogP contribution is -2.43. The summed E-state index contributed by atoms with van der Waals surface area (Å²) in [4.78, 5) is 2.64. The van der Waals surface area contributed by atoms with E-state index in [4.69, 9.17) is 0 Å². The first kappa shape index (κ1) is 13.9. The molecule has 0 bridgehead atoms. The average Bonchev–Trinajstić information content (AvgIpc) is 2.93. The Morgan fingerprint density at radius 3 is 2.16 bits per heavy atom. The number of hydrogen-bond donors (Lipinski definition) is 1. The van der Waals surface area contributed by atoms with Crippen molar-refractivity contribution in [2.45, 2.75) is 71.3 Å². The molecule has 19 heavy (non-hydrogen) atoms. The largest absolute Gasteiger partial charge is 0.392 e. The highest BCUT2D eigenvalue weighted by Crippen LogP contribution is 2.47. The Labute approximate surface area is 118 Å². The molecule has 0 amide bonds. The van der Waals surface area contributed by atoms with Crippen LogP contribution in [-0.4, -0.2) is 35.7 Å². The van der Waals surface area contributed by atoms with Gasteiger partial charge in [0.1, 0.15) is 0 Å². The van der Waals surface area contributed by atoms with Crippen molar-refractivity contribution in [1.29, 1.82) is 0 Å². The van der Waals surface area contributed by atoms with Crippen LogP contribution in [0.1, 0.15) is 65.2 Å². The Kier molecular flexibility index (Phi) is 3.68. The molecule has 2 heteroatoms. The second-order valence-corrected chi connectivity index (χ2v) is 8.24. The molecule has 0 aromatic carbocycles. The van der Waals surface area contributed by atoms with E-state index in [1.54, 1.807) is 0 Å². The molecular weight excluding hydrogens is 234 g/mol. The molecule has 0 aromatic rings. The van der Waals surface area contributed by atoms with Gasteiger partial charge in [-0.05, 0) is 68.4 Å². The molecule has 3 rings (SSSR count). The Balaban J connectivity index is 1.50. The molecule has 0 aromatic heterocycles. The van der Waals surface area contributed by atoms with Gasteiger partial charge in [0.05, 0.1) is 6.10 Å². The fourth-order valence-corrected chi connectivity index (χ4v) is 4.86. The number of rotatable bonds is 2. The molecule has 2 unspecified atom stereocenters. The van der Waals surface area contributed by atoms with E-state index in [1.807, 2.05) is 0 Å². The fourth-order valence-electron chi connectivity index (χ4n) is 4.86. The van der Waals surface area contributed by atoms with Crippen LogP contribution >= 0.6 is 0 Å². The standard InChI is InChI=1S/C17H31NO/c1-16(2)8-5-14(15(16)19)13-18-11-9-17(10-12-18)6-3-4-7-17/h14-15,19H,3-13H2,1-2H3. The van der Waals surface area contributed by atoms with Crippen molar-refractivity contribution >= 4 is 0 Å². The number of hydrogen-bond acceptors (Lipinski definition) is 2. The maximum absolute atomic E-state index is 10.4. The highest BCUT2D eigenvalue weighted by Gasteiger charge is 2.42. The minimum Gasteiger partial charge on any atom is -0.392 e. The average molecular weight is 265 g/mol. The van der Waals surface area contributed by atoms with Gasteiger partial charge in [0, 0.05) is 6.54 Å². The molecule has 1 saturated heterocycles. The zero-order valence-electron chi connectivity index (χ0n) is 12.8. The molecule has 1 N–H and O–H groups in total. The molecule has 1 heterocycles. The SMILES string of the molecule is CC1(C)CCC(CN2CCC3(CCCC3)CC2)C1O. The van der Waals surface area contributed by atoms with Gasteiger partial charge in [-0.15, -0.1) is 0 Å². The van der Waals surface area contributed by atoms with Crippen LogP contribution in [0.15, 0.2) is 0 Å². The molecule has 0 radical (unpaired) electrons. The van der Waals surface area contributed by atoms with Crippen LogP contribution in [0, 0.1) is 16.7 Å². The fraction of sp³-hybridized carbons (Fsp3) is 1.00. The molecule has 3 aliphatic rings. The van der Waals surface area contributed by atoms with Crippen LogP contribution in [-0.2, 0) is 0 Å². The number of likely N-dealkylation sites (tertiary alicyclic amines) is 1. The summed E-state index contributed by atoms with van der Waals surface area (Å²) in [5.41, 5.74) is 0.872. The van der Waals surface area contributed by atoms with Gasteiger partial charge in [0.15, 0.2) is 0 Å². The van der Waals surface area contributed by atoms with Gasteiger partial charge in [-0.2, -0.15) is 0 Å². The number of aliphatic hydroxyl groups is 1. The van der Waals surface area contributed by atoms with Gasteiger partial charge < -0.3 is 10.0 Å². The molecule has 2 aliphatic carbocycles. The van der Waals surface area contributed by atoms with E-state index >= 15 is 0 Å². The van der Waals surface area contributed by atoms with Crippen molar-refractivity contribution in [2.75, 3.05) is 19.6 Å². The van der Waals surface area contributed by atoms with E-state index in [9.17, 15) is 5.11 Å². The minimum atomic E-state index is -0.0881. The van der Waals surface area contributed by atoms with Crippen molar-refractivity contribution < 1.29 is 5.11 Å². The van der Waals surface area contributed by atoms with Crippen LogP contribution in [0.25, 0.3) is 0 Å². The first-order valence-corrected chi connectivity index (χ1v) is 8.41. The first-order valence-electron chi connectivity index (χ1n) is 8.41. The smallest absolute Gasteiger partial charge is 0.0631 e. The summed E-state index contributed by atoms with van der Waals surface area (Å²) in [6, 6.07) is 0. The van der Waals surface area contributed by atoms with Crippen molar-refractivity contribution in [3.05, 3.63) is 0 Å². The summed E-state index contributed by atoms with van der Waals surface area (Å²) >= 11 is 0. The molecule has 3 fully saturated rings. The van der Waals surface area contributed by atoms with Gasteiger partial charge in [-0.1, -0.05) is 26.7 Å². The van der Waals surface area contributed by atoms with Crippen LogP contribution < -0.4 is 0 Å². The summed E-state index contributed by atoms with van der Waals surface area (Å²) in [7, 11) is 0. The van der Waals surface area contributed by atoms with Crippen molar-refractivity contribution in [3.8, 4) is 0 Å². The van der Waals surface area contributed by atoms with E-state index < -0.39 is 0 Å². The van der Waals surface area contributed by atoms with Gasteiger partial charge in [0.25, 0.3) is 0 Å². The third-order valence-corrected chi connectivity index (χ3v) is 6.48. The highest BCUT2D eigenvalue weighted by atomic mass is 16.3. The predicted octanol–water partition coefficient (Wildman–Crippen LogP) is 3.44. The monoisotopic (exact) mass is 265 g/mol. The number of nitrogens with zero attached hydrogens (tertiary/aromatic N) is 1. The molecule has 2 saturated carbocycles. The minimum absolute atomic E-state index is 0.0881. The lowest BCUT2D eigenvalue weighted by molar-refractivity contribution is 0.0208. The second-order valence-electron chi connectivity index (χ2n) is 8.24. The Morgan fingerprint density at radius 2 is 1.63 bits per heavy atom. The Morgan fingerprint density at radius 1 is 1.00 bits per heavy atom. The summed E-state index contributed by atoms with van der Waals surface area (Å²) in [6.07, 6.45) is 11.1. The van der Waals surface area contributed by atoms with E-state index in [-0.39, 0.29) is 11.5 Å². The van der Waals surface area contributed by atoms with E-state index in [2.05, 4.69) is 18.7 Å². The summed E-state index contributed by atoms with van der Waals surface area (Å²) in [5.74, 6) is 0.521. The number of piperidine rings is 1. The van der Waals surface area contributed by atoms with Crippen molar-refractivity contribution in [2.24, 2.45) is 16.7 Å². The summed E-state index contributed by atoms with van der Waals surface area (Å²) < 4.78 is 0. The van der Waals surface area contributed by atoms with E-state index in [0.29, 0.717) is 5.92 Å². The van der Waals surface area contributed by atoms with E-state index in [0.717, 1.165) is 12.0 Å². The molecule has 2 atom stereocenters. The van der Waals surface area contributed by atoms with Gasteiger partial charge in [-0.3, -0.25) is 0 Å². The molecular formula is C17H31NO. The maximum Gasteiger partial charge on any atom is 0.0631 e. The van der Waals surface area contributed by atoms with Crippen LogP contribution in [0.3, 0.4) is 0 Å². The summed E-state index contributed by atoms with van der Waals surface area (Å²) in [6.45, 7) is 8.15. The van der Waals surface area contributed by atoms with Crippen LogP contribution in [0.2, 0.25) is 0 Å². The molecule has 1 aliphatic heterocycles. The Hall–Kier alpha value is -0.0800. The number of aliphatic hydroxyl groups excluding tert-OH is 1. The van der Waals surface area contributed by atoms with Crippen molar-refractivity contribution in [3.63, 3.8) is 0 Å². The lowest BCUT2D eigenvalue weighted by atomic mass is 9.77. The molecule has 2 nitrogen and oxygen atoms in total. The third kappa shape index (κ3) is 2.71. The zero-order chi connectivity index (χ0) is 13.5. The molecule has 110 valence electrons. The van der Waals surface area contributed by atoms with Crippen LogP contribution in [0.5, 0.6) is 0 Å². The predicted molar refractivity (Wildman–Crippen MR) is 79.1 cm³/mol. The first-order chi connectivity index (χ1) is 9.01.